The van der Waals surface area contributed by atoms with E-state index in [2.05, 4.69) is 15.9 Å². The second kappa shape index (κ2) is 4.84. The maximum absolute atomic E-state index is 11.5. The van der Waals surface area contributed by atoms with Crippen molar-refractivity contribution in [2.24, 2.45) is 0 Å². The van der Waals surface area contributed by atoms with E-state index in [9.17, 15) is 19.7 Å². The van der Waals surface area contributed by atoms with Crippen molar-refractivity contribution in [3.8, 4) is 0 Å². The van der Waals surface area contributed by atoms with Crippen LogP contribution in [0.2, 0.25) is 0 Å². The first-order valence-corrected chi connectivity index (χ1v) is 4.97. The van der Waals surface area contributed by atoms with Gasteiger partial charge in [0.25, 0.3) is 11.6 Å². The van der Waals surface area contributed by atoms with E-state index in [0.29, 0.717) is 4.47 Å². The monoisotopic (exact) mass is 286 g/mol. The first-order chi connectivity index (χ1) is 7.41. The average Bonchev–Trinajstić information content (AvgIpc) is 2.16. The summed E-state index contributed by atoms with van der Waals surface area (Å²) in [4.78, 5) is 32.0. The molecule has 0 fully saturated rings. The summed E-state index contributed by atoms with van der Waals surface area (Å²) in [6.45, 7) is 1.18. The number of nitro groups is 1. The molecular weight excluding hydrogens is 280 g/mol. The average molecular weight is 287 g/mol. The van der Waals surface area contributed by atoms with Gasteiger partial charge >= 0.3 is 0 Å². The van der Waals surface area contributed by atoms with Crippen molar-refractivity contribution in [3.05, 3.63) is 38.3 Å². The molecule has 0 saturated carbocycles. The van der Waals surface area contributed by atoms with Crippen LogP contribution >= 0.6 is 15.9 Å². The van der Waals surface area contributed by atoms with Crippen LogP contribution in [0.1, 0.15) is 17.3 Å². The fourth-order valence-corrected chi connectivity index (χ4v) is 1.45. The van der Waals surface area contributed by atoms with E-state index in [1.807, 2.05) is 5.32 Å². The normalized spacial score (nSPS) is 9.62. The van der Waals surface area contributed by atoms with E-state index in [-0.39, 0.29) is 11.3 Å². The summed E-state index contributed by atoms with van der Waals surface area (Å²) in [6.07, 6.45) is 0. The smallest absolute Gasteiger partial charge is 0.270 e. The van der Waals surface area contributed by atoms with Gasteiger partial charge in [-0.05, 0) is 22.0 Å². The number of imide groups is 1. The molecule has 1 aromatic carbocycles. The van der Waals surface area contributed by atoms with Gasteiger partial charge in [-0.2, -0.15) is 0 Å². The van der Waals surface area contributed by atoms with E-state index in [1.165, 1.54) is 19.1 Å². The highest BCUT2D eigenvalue weighted by molar-refractivity contribution is 9.10. The summed E-state index contributed by atoms with van der Waals surface area (Å²) in [5, 5.41) is 12.5. The topological polar surface area (TPSA) is 89.3 Å². The van der Waals surface area contributed by atoms with Gasteiger partial charge in [-0.3, -0.25) is 25.0 Å². The third-order valence-electron chi connectivity index (χ3n) is 1.69. The second-order valence-electron chi connectivity index (χ2n) is 2.93. The van der Waals surface area contributed by atoms with Gasteiger partial charge in [0.05, 0.1) is 10.5 Å². The van der Waals surface area contributed by atoms with Crippen LogP contribution in [0.25, 0.3) is 0 Å². The summed E-state index contributed by atoms with van der Waals surface area (Å²) >= 11 is 3.08. The largest absolute Gasteiger partial charge is 0.293 e. The summed E-state index contributed by atoms with van der Waals surface area (Å²) in [5.74, 6) is -1.20. The first-order valence-electron chi connectivity index (χ1n) is 4.17. The molecule has 1 rings (SSSR count). The molecule has 0 unspecified atom stereocenters. The predicted octanol–water partition coefficient (Wildman–Crippen LogP) is 1.63. The third kappa shape index (κ3) is 2.86. The zero-order valence-corrected chi connectivity index (χ0v) is 9.78. The second-order valence-corrected chi connectivity index (χ2v) is 3.79. The Labute approximate surface area is 98.9 Å². The number of nitro benzene ring substituents is 1. The highest BCUT2D eigenvalue weighted by Crippen LogP contribution is 2.22. The fourth-order valence-electron chi connectivity index (χ4n) is 1.03. The molecule has 0 heterocycles. The number of nitrogens with one attached hydrogen (secondary N) is 1. The van der Waals surface area contributed by atoms with Gasteiger partial charge in [-0.25, -0.2) is 0 Å². The molecule has 0 aliphatic carbocycles. The van der Waals surface area contributed by atoms with E-state index in [1.54, 1.807) is 0 Å². The molecule has 0 aliphatic rings. The Kier molecular flexibility index (Phi) is 3.73. The van der Waals surface area contributed by atoms with E-state index < -0.39 is 16.7 Å². The lowest BCUT2D eigenvalue weighted by Crippen LogP contribution is -2.28. The van der Waals surface area contributed by atoms with Crippen LogP contribution < -0.4 is 5.32 Å². The van der Waals surface area contributed by atoms with Gasteiger partial charge in [0.2, 0.25) is 5.91 Å². The Bertz CT molecular complexity index is 473. The standard InChI is InChI=1S/C9H7BrN2O4/c1-5(13)11-9(14)7-4-6(12(15)16)2-3-8(7)10/h2-4H,1H3,(H,11,13,14). The summed E-state index contributed by atoms with van der Waals surface area (Å²) in [6, 6.07) is 3.74. The molecule has 0 radical (unpaired) electrons. The molecule has 2 amide bonds. The lowest BCUT2D eigenvalue weighted by molar-refractivity contribution is -0.384. The van der Waals surface area contributed by atoms with Crippen LogP contribution in [0.3, 0.4) is 0 Å². The summed E-state index contributed by atoms with van der Waals surface area (Å²) < 4.78 is 0.386. The summed E-state index contributed by atoms with van der Waals surface area (Å²) in [5.41, 5.74) is -0.165. The molecule has 7 heteroatoms. The quantitative estimate of drug-likeness (QED) is 0.661. The number of rotatable bonds is 2. The number of benzene rings is 1. The Morgan fingerprint density at radius 3 is 2.56 bits per heavy atom. The molecule has 16 heavy (non-hydrogen) atoms. The number of hydrogen-bond donors (Lipinski definition) is 1. The predicted molar refractivity (Wildman–Crippen MR) is 58.9 cm³/mol. The molecule has 1 N–H and O–H groups in total. The number of carbonyl (C=O) groups is 2. The van der Waals surface area contributed by atoms with Crippen LogP contribution in [0.5, 0.6) is 0 Å². The molecule has 0 bridgehead atoms. The Morgan fingerprint density at radius 1 is 1.44 bits per heavy atom. The maximum atomic E-state index is 11.5. The van der Waals surface area contributed by atoms with Crippen molar-refractivity contribution >= 4 is 33.4 Å². The van der Waals surface area contributed by atoms with Crippen LogP contribution in [-0.2, 0) is 4.79 Å². The van der Waals surface area contributed by atoms with Crippen molar-refractivity contribution in [2.45, 2.75) is 6.92 Å². The molecule has 0 spiro atoms. The number of non-ortho nitro benzene ring substituents is 1. The number of amides is 2. The fraction of sp³-hybridized carbons (Fsp3) is 0.111. The van der Waals surface area contributed by atoms with Gasteiger partial charge in [-0.1, -0.05) is 0 Å². The van der Waals surface area contributed by atoms with Gasteiger partial charge in [-0.15, -0.1) is 0 Å². The third-order valence-corrected chi connectivity index (χ3v) is 2.39. The molecule has 84 valence electrons. The van der Waals surface area contributed by atoms with Crippen LogP contribution in [0.4, 0.5) is 5.69 Å². The SMILES string of the molecule is CC(=O)NC(=O)c1cc([N+](=O)[O-])ccc1Br. The Morgan fingerprint density at radius 2 is 2.06 bits per heavy atom. The minimum atomic E-state index is -0.678. The van der Waals surface area contributed by atoms with Crippen molar-refractivity contribution in [2.75, 3.05) is 0 Å². The minimum absolute atomic E-state index is 0.0457. The van der Waals surface area contributed by atoms with Crippen LogP contribution in [0, 0.1) is 10.1 Å². The van der Waals surface area contributed by atoms with Crippen LogP contribution in [0.15, 0.2) is 22.7 Å². The molecule has 0 aliphatic heterocycles. The molecule has 0 saturated heterocycles. The molecular formula is C9H7BrN2O4. The highest BCUT2D eigenvalue weighted by Gasteiger charge is 2.16. The molecule has 0 atom stereocenters. The number of nitrogens with zero attached hydrogens (tertiary/aromatic N) is 1. The lowest BCUT2D eigenvalue weighted by atomic mass is 10.2. The van der Waals surface area contributed by atoms with E-state index >= 15 is 0 Å². The molecule has 1 aromatic rings. The van der Waals surface area contributed by atoms with E-state index in [4.69, 9.17) is 0 Å². The number of hydrogen-bond acceptors (Lipinski definition) is 4. The Balaban J connectivity index is 3.11. The van der Waals surface area contributed by atoms with Crippen LogP contribution in [-0.4, -0.2) is 16.7 Å². The van der Waals surface area contributed by atoms with Crippen molar-refractivity contribution in [1.82, 2.24) is 5.32 Å². The number of carbonyl (C=O) groups excluding carboxylic acids is 2. The van der Waals surface area contributed by atoms with Gasteiger partial charge in [0.15, 0.2) is 0 Å². The Hall–Kier alpha value is -1.76. The highest BCUT2D eigenvalue weighted by atomic mass is 79.9. The van der Waals surface area contributed by atoms with Gasteiger partial charge in [0, 0.05) is 23.5 Å². The minimum Gasteiger partial charge on any atom is -0.293 e. The molecule has 0 aromatic heterocycles. The van der Waals surface area contributed by atoms with Gasteiger partial charge in [0.1, 0.15) is 0 Å². The number of halogens is 1. The van der Waals surface area contributed by atoms with E-state index in [0.717, 1.165) is 6.07 Å². The first kappa shape index (κ1) is 12.3. The van der Waals surface area contributed by atoms with Crippen molar-refractivity contribution in [1.29, 1.82) is 0 Å². The molecule has 6 nitrogen and oxygen atoms in total. The van der Waals surface area contributed by atoms with Crippen molar-refractivity contribution in [3.63, 3.8) is 0 Å². The summed E-state index contributed by atoms with van der Waals surface area (Å²) in [7, 11) is 0. The van der Waals surface area contributed by atoms with Gasteiger partial charge < -0.3 is 0 Å². The maximum Gasteiger partial charge on any atom is 0.270 e. The zero-order valence-electron chi connectivity index (χ0n) is 8.19. The zero-order chi connectivity index (χ0) is 12.3. The lowest BCUT2D eigenvalue weighted by Gasteiger charge is -2.03. The van der Waals surface area contributed by atoms with Crippen molar-refractivity contribution < 1.29 is 14.5 Å².